The predicted molar refractivity (Wildman–Crippen MR) is 144 cm³/mol. The highest BCUT2D eigenvalue weighted by atomic mass is 16.6. The van der Waals surface area contributed by atoms with Gasteiger partial charge < -0.3 is 20.3 Å². The summed E-state index contributed by atoms with van der Waals surface area (Å²) in [6.45, 7) is 15.4. The highest BCUT2D eigenvalue weighted by molar-refractivity contribution is 5.92. The predicted octanol–water partition coefficient (Wildman–Crippen LogP) is 5.66. The number of carbonyl (C=O) groups is 3. The van der Waals surface area contributed by atoms with E-state index in [1.807, 2.05) is 52.0 Å². The average molecular weight is 502 g/mol. The van der Waals surface area contributed by atoms with Gasteiger partial charge in [0.15, 0.2) is 0 Å². The molecular weight excluding hydrogens is 454 g/mol. The van der Waals surface area contributed by atoms with Crippen LogP contribution in [0.2, 0.25) is 0 Å². The van der Waals surface area contributed by atoms with E-state index in [0.29, 0.717) is 6.42 Å². The van der Waals surface area contributed by atoms with Crippen LogP contribution in [0.5, 0.6) is 0 Å². The van der Waals surface area contributed by atoms with Gasteiger partial charge in [0.25, 0.3) is 0 Å². The molecule has 3 amide bonds. The minimum atomic E-state index is -0.792. The molecule has 7 heteroatoms. The fraction of sp³-hybridized carbons (Fsp3) is 0.690. The maximum atomic E-state index is 14.3. The number of hydrogen-bond acceptors (Lipinski definition) is 4. The molecule has 0 spiro atoms. The lowest BCUT2D eigenvalue weighted by atomic mass is 9.86. The van der Waals surface area contributed by atoms with E-state index in [-0.39, 0.29) is 29.8 Å². The molecular formula is C29H47N3O4. The maximum Gasteiger partial charge on any atom is 0.408 e. The zero-order chi connectivity index (χ0) is 27.0. The first-order valence-electron chi connectivity index (χ1n) is 13.6. The van der Waals surface area contributed by atoms with Crippen LogP contribution in [0.4, 0.5) is 4.79 Å². The van der Waals surface area contributed by atoms with Gasteiger partial charge in [0.2, 0.25) is 11.8 Å². The second kappa shape index (κ2) is 13.1. The van der Waals surface area contributed by atoms with E-state index in [2.05, 4.69) is 17.6 Å². The molecule has 0 aliphatic heterocycles. The van der Waals surface area contributed by atoms with Gasteiger partial charge in [0, 0.05) is 12.1 Å². The fourth-order valence-electron chi connectivity index (χ4n) is 4.48. The van der Waals surface area contributed by atoms with Gasteiger partial charge in [-0.05, 0) is 71.8 Å². The lowest BCUT2D eigenvalue weighted by Gasteiger charge is -2.44. The summed E-state index contributed by atoms with van der Waals surface area (Å²) in [4.78, 5) is 42.5. The van der Waals surface area contributed by atoms with Crippen LogP contribution >= 0.6 is 0 Å². The summed E-state index contributed by atoms with van der Waals surface area (Å²) in [6, 6.07) is 6.20. The maximum absolute atomic E-state index is 14.3. The summed E-state index contributed by atoms with van der Waals surface area (Å²) in [7, 11) is 0. The van der Waals surface area contributed by atoms with Crippen LogP contribution in [0.25, 0.3) is 0 Å². The molecule has 1 aliphatic carbocycles. The number of carbonyl (C=O) groups excluding carboxylic acids is 3. The van der Waals surface area contributed by atoms with E-state index in [9.17, 15) is 14.4 Å². The Morgan fingerprint density at radius 2 is 1.67 bits per heavy atom. The molecule has 0 bridgehead atoms. The molecule has 1 aromatic carbocycles. The Morgan fingerprint density at radius 3 is 2.14 bits per heavy atom. The Kier molecular flexibility index (Phi) is 10.8. The van der Waals surface area contributed by atoms with Crippen LogP contribution in [0, 0.1) is 12.8 Å². The fourth-order valence-corrected chi connectivity index (χ4v) is 4.48. The first kappa shape index (κ1) is 29.7. The summed E-state index contributed by atoms with van der Waals surface area (Å²) in [6.07, 6.45) is 4.58. The Morgan fingerprint density at radius 1 is 1.06 bits per heavy atom. The molecule has 36 heavy (non-hydrogen) atoms. The van der Waals surface area contributed by atoms with E-state index in [4.69, 9.17) is 4.74 Å². The zero-order valence-corrected chi connectivity index (χ0v) is 23.5. The van der Waals surface area contributed by atoms with Gasteiger partial charge in [-0.15, -0.1) is 0 Å². The van der Waals surface area contributed by atoms with Gasteiger partial charge in [-0.3, -0.25) is 9.59 Å². The number of hydrogen-bond donors (Lipinski definition) is 2. The van der Waals surface area contributed by atoms with Crippen molar-refractivity contribution in [2.75, 3.05) is 0 Å². The molecule has 0 heterocycles. The molecule has 4 unspecified atom stereocenters. The standard InChI is InChI=1S/C29H47N3O4/c1-9-12-21(5)30-26(33)25(22-17-15-19(3)16-18-22)32(23-13-11-14-23)27(34)24(20(4)10-2)31-28(35)36-29(6,7)8/h15-18,20-21,23-25H,9-14H2,1-8H3,(H,30,33)(H,31,35). The largest absolute Gasteiger partial charge is 0.444 e. The van der Waals surface area contributed by atoms with Gasteiger partial charge in [-0.1, -0.05) is 63.4 Å². The quantitative estimate of drug-likeness (QED) is 0.409. The van der Waals surface area contributed by atoms with Crippen molar-refractivity contribution in [3.8, 4) is 0 Å². The first-order valence-corrected chi connectivity index (χ1v) is 13.6. The molecule has 1 saturated carbocycles. The Labute approximate surface area is 217 Å². The molecule has 4 atom stereocenters. The van der Waals surface area contributed by atoms with Crippen molar-refractivity contribution in [3.63, 3.8) is 0 Å². The normalized spacial score (nSPS) is 17.2. The molecule has 202 valence electrons. The second-order valence-corrected chi connectivity index (χ2v) is 11.4. The lowest BCUT2D eigenvalue weighted by Crippen LogP contribution is -2.59. The monoisotopic (exact) mass is 501 g/mol. The summed E-state index contributed by atoms with van der Waals surface area (Å²) >= 11 is 0. The van der Waals surface area contributed by atoms with Gasteiger partial charge >= 0.3 is 6.09 Å². The average Bonchev–Trinajstić information content (AvgIpc) is 2.75. The van der Waals surface area contributed by atoms with Crippen molar-refractivity contribution in [3.05, 3.63) is 35.4 Å². The highest BCUT2D eigenvalue weighted by Crippen LogP contribution is 2.34. The number of alkyl carbamates (subject to hydrolysis) is 1. The molecule has 7 nitrogen and oxygen atoms in total. The number of nitrogens with one attached hydrogen (secondary N) is 2. The molecule has 2 rings (SSSR count). The number of amides is 3. The first-order chi connectivity index (χ1) is 16.9. The SMILES string of the molecule is CCCC(C)NC(=O)C(c1ccc(C)cc1)N(C(=O)C(NC(=O)OC(C)(C)C)C(C)CC)C1CCC1. The van der Waals surface area contributed by atoms with E-state index >= 15 is 0 Å². The number of aryl methyl sites for hydroxylation is 1. The van der Waals surface area contributed by atoms with Crippen LogP contribution in [0.15, 0.2) is 24.3 Å². The van der Waals surface area contributed by atoms with E-state index < -0.39 is 23.8 Å². The number of rotatable bonds is 11. The van der Waals surface area contributed by atoms with Crippen LogP contribution in [0.3, 0.4) is 0 Å². The van der Waals surface area contributed by atoms with E-state index in [1.54, 1.807) is 25.7 Å². The molecule has 0 radical (unpaired) electrons. The third-order valence-electron chi connectivity index (χ3n) is 6.90. The second-order valence-electron chi connectivity index (χ2n) is 11.4. The minimum absolute atomic E-state index is 0.000887. The number of ether oxygens (including phenoxy) is 1. The van der Waals surface area contributed by atoms with Gasteiger partial charge in [-0.2, -0.15) is 0 Å². The Bertz CT molecular complexity index is 874. The Hall–Kier alpha value is -2.57. The molecule has 0 aromatic heterocycles. The van der Waals surface area contributed by atoms with E-state index in [0.717, 1.165) is 43.2 Å². The number of nitrogens with zero attached hydrogens (tertiary/aromatic N) is 1. The zero-order valence-electron chi connectivity index (χ0n) is 23.5. The third kappa shape index (κ3) is 8.24. The Balaban J connectivity index is 2.49. The highest BCUT2D eigenvalue weighted by Gasteiger charge is 2.43. The molecule has 2 N–H and O–H groups in total. The smallest absolute Gasteiger partial charge is 0.408 e. The van der Waals surface area contributed by atoms with Gasteiger partial charge in [0.05, 0.1) is 0 Å². The van der Waals surface area contributed by atoms with Crippen LogP contribution in [-0.2, 0) is 14.3 Å². The van der Waals surface area contributed by atoms with Gasteiger partial charge in [-0.25, -0.2) is 4.79 Å². The van der Waals surface area contributed by atoms with E-state index in [1.165, 1.54) is 0 Å². The van der Waals surface area contributed by atoms with Crippen LogP contribution in [0.1, 0.15) is 104 Å². The number of benzene rings is 1. The summed E-state index contributed by atoms with van der Waals surface area (Å²) in [5.41, 5.74) is 1.19. The minimum Gasteiger partial charge on any atom is -0.444 e. The van der Waals surface area contributed by atoms with Crippen molar-refractivity contribution in [1.29, 1.82) is 0 Å². The summed E-state index contributed by atoms with van der Waals surface area (Å²) < 4.78 is 5.48. The van der Waals surface area contributed by atoms with Crippen molar-refractivity contribution in [1.82, 2.24) is 15.5 Å². The molecule has 1 fully saturated rings. The van der Waals surface area contributed by atoms with Crippen molar-refractivity contribution in [2.45, 2.75) is 124 Å². The molecule has 1 aromatic rings. The van der Waals surface area contributed by atoms with Crippen molar-refractivity contribution in [2.24, 2.45) is 5.92 Å². The third-order valence-corrected chi connectivity index (χ3v) is 6.90. The van der Waals surface area contributed by atoms with Gasteiger partial charge in [0.1, 0.15) is 17.7 Å². The van der Waals surface area contributed by atoms with Crippen LogP contribution in [-0.4, -0.2) is 46.5 Å². The summed E-state index contributed by atoms with van der Waals surface area (Å²) in [5, 5.41) is 5.98. The van der Waals surface area contributed by atoms with Crippen molar-refractivity contribution >= 4 is 17.9 Å². The summed E-state index contributed by atoms with van der Waals surface area (Å²) in [5.74, 6) is -0.544. The van der Waals surface area contributed by atoms with Crippen LogP contribution < -0.4 is 10.6 Å². The molecule has 1 aliphatic rings. The topological polar surface area (TPSA) is 87.7 Å². The van der Waals surface area contributed by atoms with Crippen molar-refractivity contribution < 1.29 is 19.1 Å². The molecule has 0 saturated heterocycles. The lowest BCUT2D eigenvalue weighted by molar-refractivity contribution is -0.148.